The number of carbonyl (C=O) groups is 1. The molecule has 0 saturated heterocycles. The van der Waals surface area contributed by atoms with E-state index in [2.05, 4.69) is 41.2 Å². The van der Waals surface area contributed by atoms with Crippen molar-refractivity contribution >= 4 is 33.2 Å². The molecule has 4 heteroatoms. The predicted molar refractivity (Wildman–Crippen MR) is 98.3 cm³/mol. The van der Waals surface area contributed by atoms with Crippen molar-refractivity contribution in [1.29, 1.82) is 0 Å². The first-order valence-corrected chi connectivity index (χ1v) is 8.12. The van der Waals surface area contributed by atoms with E-state index in [1.54, 1.807) is 0 Å². The van der Waals surface area contributed by atoms with Crippen molar-refractivity contribution in [3.05, 3.63) is 69.3 Å². The average Bonchev–Trinajstić information content (AvgIpc) is 2.53. The Labute approximate surface area is 145 Å². The van der Waals surface area contributed by atoms with Crippen LogP contribution >= 0.6 is 15.9 Å². The molecule has 0 aliphatic heterocycles. The van der Waals surface area contributed by atoms with E-state index in [0.717, 1.165) is 27.0 Å². The van der Waals surface area contributed by atoms with Gasteiger partial charge in [0.25, 0.3) is 0 Å². The fourth-order valence-corrected chi connectivity index (χ4v) is 2.87. The quantitative estimate of drug-likeness (QED) is 0.599. The van der Waals surface area contributed by atoms with Crippen LogP contribution in [-0.4, -0.2) is 13.1 Å². The molecule has 23 heavy (non-hydrogen) atoms. The maximum absolute atomic E-state index is 12.3. The van der Waals surface area contributed by atoms with Gasteiger partial charge in [-0.2, -0.15) is 0 Å². The molecule has 2 aromatic rings. The van der Waals surface area contributed by atoms with Crippen LogP contribution in [-0.2, 0) is 9.53 Å². The maximum Gasteiger partial charge on any atom is 0.340 e. The summed E-state index contributed by atoms with van der Waals surface area (Å²) >= 11 is 3.50. The zero-order valence-electron chi connectivity index (χ0n) is 13.7. The SMILES string of the molecule is COC(=O)/C(=C(/C)Nc1cccc(C)c1C)c1ccccc1Br. The van der Waals surface area contributed by atoms with E-state index in [-0.39, 0.29) is 5.97 Å². The van der Waals surface area contributed by atoms with E-state index < -0.39 is 0 Å². The maximum atomic E-state index is 12.3. The molecule has 1 N–H and O–H groups in total. The van der Waals surface area contributed by atoms with E-state index in [0.29, 0.717) is 5.57 Å². The molecule has 0 unspecified atom stereocenters. The van der Waals surface area contributed by atoms with Gasteiger partial charge >= 0.3 is 5.97 Å². The van der Waals surface area contributed by atoms with Gasteiger partial charge in [-0.25, -0.2) is 4.79 Å². The number of anilines is 1. The lowest BCUT2D eigenvalue weighted by molar-refractivity contribution is -0.133. The Morgan fingerprint density at radius 3 is 2.43 bits per heavy atom. The summed E-state index contributed by atoms with van der Waals surface area (Å²) in [4.78, 5) is 12.3. The molecule has 0 atom stereocenters. The Morgan fingerprint density at radius 1 is 1.09 bits per heavy atom. The second-order valence-electron chi connectivity index (χ2n) is 5.34. The minimum Gasteiger partial charge on any atom is -0.465 e. The second kappa shape index (κ2) is 7.47. The van der Waals surface area contributed by atoms with E-state index >= 15 is 0 Å². The van der Waals surface area contributed by atoms with Crippen molar-refractivity contribution in [1.82, 2.24) is 0 Å². The Hall–Kier alpha value is -2.07. The Kier molecular flexibility index (Phi) is 5.61. The van der Waals surface area contributed by atoms with Gasteiger partial charge in [0.15, 0.2) is 0 Å². The molecule has 0 aliphatic carbocycles. The fourth-order valence-electron chi connectivity index (χ4n) is 2.38. The van der Waals surface area contributed by atoms with Crippen LogP contribution in [0.2, 0.25) is 0 Å². The Balaban J connectivity index is 2.53. The monoisotopic (exact) mass is 373 g/mol. The van der Waals surface area contributed by atoms with E-state index in [4.69, 9.17) is 4.74 Å². The van der Waals surface area contributed by atoms with Crippen LogP contribution in [0.3, 0.4) is 0 Å². The topological polar surface area (TPSA) is 38.3 Å². The number of carbonyl (C=O) groups excluding carboxylic acids is 1. The van der Waals surface area contributed by atoms with Gasteiger partial charge in [-0.1, -0.05) is 46.3 Å². The standard InChI is InChI=1S/C19H20BrNO2/c1-12-8-7-11-17(13(12)2)21-14(3)18(19(22)23-4)15-9-5-6-10-16(15)20/h5-11,21H,1-4H3/b18-14-. The van der Waals surface area contributed by atoms with Gasteiger partial charge in [-0.3, -0.25) is 0 Å². The minimum atomic E-state index is -0.368. The first kappa shape index (κ1) is 17.3. The van der Waals surface area contributed by atoms with Crippen LogP contribution in [0.5, 0.6) is 0 Å². The zero-order valence-corrected chi connectivity index (χ0v) is 15.3. The summed E-state index contributed by atoms with van der Waals surface area (Å²) in [6.07, 6.45) is 0. The van der Waals surface area contributed by atoms with Gasteiger partial charge in [-0.15, -0.1) is 0 Å². The van der Waals surface area contributed by atoms with Gasteiger partial charge in [0.2, 0.25) is 0 Å². The Morgan fingerprint density at radius 2 is 1.78 bits per heavy atom. The minimum absolute atomic E-state index is 0.368. The Bertz CT molecular complexity index is 766. The van der Waals surface area contributed by atoms with Crippen molar-refractivity contribution in [3.8, 4) is 0 Å². The molecule has 0 aliphatic rings. The molecule has 0 aromatic heterocycles. The van der Waals surface area contributed by atoms with Crippen LogP contribution < -0.4 is 5.32 Å². The number of hydrogen-bond donors (Lipinski definition) is 1. The fraction of sp³-hybridized carbons (Fsp3) is 0.211. The first-order chi connectivity index (χ1) is 11.0. The number of esters is 1. The smallest absolute Gasteiger partial charge is 0.340 e. The average molecular weight is 374 g/mol. The number of hydrogen-bond acceptors (Lipinski definition) is 3. The van der Waals surface area contributed by atoms with Gasteiger partial charge in [-0.05, 0) is 44.0 Å². The molecule has 0 amide bonds. The molecular formula is C19H20BrNO2. The highest BCUT2D eigenvalue weighted by Gasteiger charge is 2.19. The van der Waals surface area contributed by atoms with E-state index in [9.17, 15) is 4.79 Å². The summed E-state index contributed by atoms with van der Waals surface area (Å²) in [6, 6.07) is 13.7. The van der Waals surface area contributed by atoms with Crippen molar-refractivity contribution in [2.24, 2.45) is 0 Å². The number of nitrogens with one attached hydrogen (secondary N) is 1. The molecule has 0 heterocycles. The van der Waals surface area contributed by atoms with Gasteiger partial charge in [0, 0.05) is 21.4 Å². The summed E-state index contributed by atoms with van der Waals surface area (Å²) in [7, 11) is 1.39. The van der Waals surface area contributed by atoms with Crippen molar-refractivity contribution in [2.75, 3.05) is 12.4 Å². The molecule has 0 fully saturated rings. The molecule has 0 spiro atoms. The van der Waals surface area contributed by atoms with Gasteiger partial charge in [0.1, 0.15) is 0 Å². The van der Waals surface area contributed by atoms with Crippen LogP contribution in [0.25, 0.3) is 5.57 Å². The number of ether oxygens (including phenoxy) is 1. The number of halogens is 1. The second-order valence-corrected chi connectivity index (χ2v) is 6.20. The lowest BCUT2D eigenvalue weighted by Gasteiger charge is -2.16. The molecule has 2 aromatic carbocycles. The largest absolute Gasteiger partial charge is 0.465 e. The van der Waals surface area contributed by atoms with Crippen LogP contribution in [0, 0.1) is 13.8 Å². The number of allylic oxidation sites excluding steroid dienone is 1. The van der Waals surface area contributed by atoms with Crippen molar-refractivity contribution in [2.45, 2.75) is 20.8 Å². The molecule has 0 saturated carbocycles. The normalized spacial score (nSPS) is 11.7. The highest BCUT2D eigenvalue weighted by Crippen LogP contribution is 2.29. The van der Waals surface area contributed by atoms with Gasteiger partial charge in [0.05, 0.1) is 12.7 Å². The van der Waals surface area contributed by atoms with Gasteiger partial charge < -0.3 is 10.1 Å². The number of aryl methyl sites for hydroxylation is 1. The number of benzene rings is 2. The summed E-state index contributed by atoms with van der Waals surface area (Å²) in [6.45, 7) is 6.00. The summed E-state index contributed by atoms with van der Waals surface area (Å²) < 4.78 is 5.83. The molecule has 120 valence electrons. The third kappa shape index (κ3) is 3.82. The third-order valence-electron chi connectivity index (χ3n) is 3.83. The molecule has 0 radical (unpaired) electrons. The lowest BCUT2D eigenvalue weighted by Crippen LogP contribution is -2.11. The van der Waals surface area contributed by atoms with Crippen LogP contribution in [0.4, 0.5) is 5.69 Å². The molecular weight excluding hydrogens is 354 g/mol. The molecule has 3 nitrogen and oxygen atoms in total. The van der Waals surface area contributed by atoms with Crippen molar-refractivity contribution < 1.29 is 9.53 Å². The van der Waals surface area contributed by atoms with Crippen molar-refractivity contribution in [3.63, 3.8) is 0 Å². The summed E-state index contributed by atoms with van der Waals surface area (Å²) in [5, 5.41) is 3.35. The predicted octanol–water partition coefficient (Wildman–Crippen LogP) is 5.08. The molecule has 0 bridgehead atoms. The highest BCUT2D eigenvalue weighted by atomic mass is 79.9. The van der Waals surface area contributed by atoms with E-state index in [1.165, 1.54) is 12.7 Å². The molecule has 2 rings (SSSR count). The van der Waals surface area contributed by atoms with E-state index in [1.807, 2.05) is 43.3 Å². The number of rotatable bonds is 4. The number of methoxy groups -OCH3 is 1. The lowest BCUT2D eigenvalue weighted by atomic mass is 10.0. The van der Waals surface area contributed by atoms with Crippen LogP contribution in [0.15, 0.2) is 52.6 Å². The zero-order chi connectivity index (χ0) is 17.0. The van der Waals surface area contributed by atoms with Crippen LogP contribution in [0.1, 0.15) is 23.6 Å². The summed E-state index contributed by atoms with van der Waals surface area (Å²) in [5.41, 5.74) is 5.40. The first-order valence-electron chi connectivity index (χ1n) is 7.33. The third-order valence-corrected chi connectivity index (χ3v) is 4.53. The summed E-state index contributed by atoms with van der Waals surface area (Å²) in [5.74, 6) is -0.368. The highest BCUT2D eigenvalue weighted by molar-refractivity contribution is 9.10.